The van der Waals surface area contributed by atoms with Gasteiger partial charge in [0.2, 0.25) is 12.2 Å². The Kier molecular flexibility index (Phi) is 10.3. The van der Waals surface area contributed by atoms with Crippen molar-refractivity contribution in [3.63, 3.8) is 0 Å². The largest absolute Gasteiger partial charge is 0.231 e. The Morgan fingerprint density at radius 3 is 1.36 bits per heavy atom. The Hall–Kier alpha value is -1.50. The van der Waals surface area contributed by atoms with Gasteiger partial charge in [-0.15, -0.1) is 0 Å². The van der Waals surface area contributed by atoms with E-state index in [1.165, 1.54) is 19.3 Å². The Morgan fingerprint density at radius 2 is 1.29 bits per heavy atom. The molecule has 0 amide bonds. The highest BCUT2D eigenvalue weighted by atomic mass is 16.1. The van der Waals surface area contributed by atoms with E-state index in [1.807, 2.05) is 0 Å². The molecule has 2 rings (SSSR count). The lowest BCUT2D eigenvalue weighted by Gasteiger charge is -1.96. The second kappa shape index (κ2) is 9.59. The number of nitrogens with one attached hydrogen (secondary N) is 2. The molecule has 0 radical (unpaired) electrons. The smallest absolute Gasteiger partial charge is 0.222 e. The highest BCUT2D eigenvalue weighted by molar-refractivity contribution is 5.26. The molecule has 2 N–H and O–H groups in total. The van der Waals surface area contributed by atoms with Gasteiger partial charge in [-0.1, -0.05) is 19.6 Å². The molecule has 0 saturated heterocycles. The van der Waals surface area contributed by atoms with Gasteiger partial charge in [0.15, 0.2) is 0 Å². The van der Waals surface area contributed by atoms with Crippen molar-refractivity contribution in [2.24, 2.45) is 11.8 Å². The second-order valence-corrected chi connectivity index (χ2v) is 2.92. The SMILES string of the molecule is C.C1=CC2CCC1C2.N=C=O.N=C=O. The molecule has 4 heteroatoms. The molecular weight excluding hydrogens is 180 g/mol. The number of allylic oxidation sites excluding steroid dienone is 2. The minimum absolute atomic E-state index is 0. The van der Waals surface area contributed by atoms with Gasteiger partial charge in [-0.05, 0) is 31.1 Å². The van der Waals surface area contributed by atoms with Crippen LogP contribution in [0.3, 0.4) is 0 Å². The van der Waals surface area contributed by atoms with Crippen LogP contribution in [0.25, 0.3) is 0 Å². The van der Waals surface area contributed by atoms with Crippen LogP contribution in [0.5, 0.6) is 0 Å². The van der Waals surface area contributed by atoms with Crippen molar-refractivity contribution in [1.82, 2.24) is 0 Å². The van der Waals surface area contributed by atoms with Gasteiger partial charge in [-0.25, -0.2) is 20.4 Å². The van der Waals surface area contributed by atoms with Gasteiger partial charge < -0.3 is 0 Å². The van der Waals surface area contributed by atoms with Gasteiger partial charge in [-0.2, -0.15) is 0 Å². The summed E-state index contributed by atoms with van der Waals surface area (Å²) in [7, 11) is 0. The minimum atomic E-state index is 0. The zero-order chi connectivity index (χ0) is 10.1. The molecule has 2 atom stereocenters. The molecule has 2 bridgehead atoms. The van der Waals surface area contributed by atoms with Crippen LogP contribution >= 0.6 is 0 Å². The van der Waals surface area contributed by atoms with E-state index >= 15 is 0 Å². The van der Waals surface area contributed by atoms with Gasteiger partial charge in [0.25, 0.3) is 0 Å². The van der Waals surface area contributed by atoms with E-state index < -0.39 is 0 Å². The van der Waals surface area contributed by atoms with Crippen molar-refractivity contribution in [2.75, 3.05) is 0 Å². The standard InChI is InChI=1S/C7H10.2CHNO.CH4/c1-2-7-4-3-6(1)5-7;2*2-1-3;/h1-2,6-7H,3-5H2;2*2H;1H4. The number of isocyanates is 2. The summed E-state index contributed by atoms with van der Waals surface area (Å²) in [5.41, 5.74) is 0. The third-order valence-corrected chi connectivity index (χ3v) is 2.17. The lowest BCUT2D eigenvalue weighted by atomic mass is 10.1. The highest BCUT2D eigenvalue weighted by Gasteiger charge is 2.25. The first-order valence-electron chi connectivity index (χ1n) is 4.04. The lowest BCUT2D eigenvalue weighted by molar-refractivity contribution is 0.562. The highest BCUT2D eigenvalue weighted by Crippen LogP contribution is 2.38. The molecular formula is C10H16N2O2. The van der Waals surface area contributed by atoms with E-state index in [9.17, 15) is 0 Å². The monoisotopic (exact) mass is 196 g/mol. The van der Waals surface area contributed by atoms with Crippen molar-refractivity contribution in [3.8, 4) is 0 Å². The van der Waals surface area contributed by atoms with E-state index in [2.05, 4.69) is 12.2 Å². The molecule has 2 unspecified atom stereocenters. The molecule has 4 nitrogen and oxygen atoms in total. The van der Waals surface area contributed by atoms with Crippen molar-refractivity contribution in [3.05, 3.63) is 12.2 Å². The summed E-state index contributed by atoms with van der Waals surface area (Å²) in [6, 6.07) is 0. The van der Waals surface area contributed by atoms with Gasteiger partial charge in [0.1, 0.15) is 0 Å². The number of carbonyl (C=O) groups excluding carboxylic acids is 2. The quantitative estimate of drug-likeness (QED) is 0.354. The number of hydrogen-bond donors (Lipinski definition) is 2. The summed E-state index contributed by atoms with van der Waals surface area (Å²) in [5, 5.41) is 10.8. The summed E-state index contributed by atoms with van der Waals surface area (Å²) in [6.45, 7) is 0. The van der Waals surface area contributed by atoms with Gasteiger partial charge in [0.05, 0.1) is 0 Å². The van der Waals surface area contributed by atoms with Crippen molar-refractivity contribution >= 4 is 12.2 Å². The molecule has 0 aromatic rings. The lowest BCUT2D eigenvalue weighted by Crippen LogP contribution is -1.82. The topological polar surface area (TPSA) is 81.8 Å². The fourth-order valence-corrected chi connectivity index (χ4v) is 1.72. The first-order valence-corrected chi connectivity index (χ1v) is 4.04. The van der Waals surface area contributed by atoms with E-state index in [0.29, 0.717) is 0 Å². The fourth-order valence-electron chi connectivity index (χ4n) is 1.72. The van der Waals surface area contributed by atoms with Crippen LogP contribution in [0.4, 0.5) is 0 Å². The summed E-state index contributed by atoms with van der Waals surface area (Å²) in [4.78, 5) is 16.7. The molecule has 78 valence electrons. The molecule has 0 heterocycles. The van der Waals surface area contributed by atoms with Crippen molar-refractivity contribution < 1.29 is 9.59 Å². The van der Waals surface area contributed by atoms with Crippen molar-refractivity contribution in [1.29, 1.82) is 10.8 Å². The second-order valence-electron chi connectivity index (χ2n) is 2.92. The molecule has 0 aromatic heterocycles. The van der Waals surface area contributed by atoms with Gasteiger partial charge in [0, 0.05) is 0 Å². The van der Waals surface area contributed by atoms with E-state index in [0.717, 1.165) is 24.0 Å². The van der Waals surface area contributed by atoms with Crippen LogP contribution in [-0.4, -0.2) is 12.2 Å². The predicted molar refractivity (Wildman–Crippen MR) is 53.5 cm³/mol. The Balaban J connectivity index is 0. The normalized spacial score (nSPS) is 24.0. The molecule has 2 aliphatic carbocycles. The summed E-state index contributed by atoms with van der Waals surface area (Å²) >= 11 is 0. The Morgan fingerprint density at radius 1 is 1.00 bits per heavy atom. The van der Waals surface area contributed by atoms with Crippen LogP contribution in [0, 0.1) is 22.7 Å². The summed E-state index contributed by atoms with van der Waals surface area (Å²) in [6.07, 6.45) is 10.7. The maximum absolute atomic E-state index is 8.35. The number of fused-ring (bicyclic) bond motifs is 2. The predicted octanol–water partition coefficient (Wildman–Crippen LogP) is 2.41. The molecule has 2 aliphatic rings. The van der Waals surface area contributed by atoms with Crippen LogP contribution < -0.4 is 0 Å². The molecule has 14 heavy (non-hydrogen) atoms. The number of rotatable bonds is 0. The molecule has 0 aromatic carbocycles. The first kappa shape index (κ1) is 15.0. The van der Waals surface area contributed by atoms with Crippen LogP contribution in [0.2, 0.25) is 0 Å². The molecule has 0 spiro atoms. The minimum Gasteiger partial charge on any atom is -0.222 e. The fraction of sp³-hybridized carbons (Fsp3) is 0.600. The molecule has 1 saturated carbocycles. The third-order valence-electron chi connectivity index (χ3n) is 2.17. The third kappa shape index (κ3) is 6.06. The average Bonchev–Trinajstić information content (AvgIpc) is 2.69. The van der Waals surface area contributed by atoms with Gasteiger partial charge in [-0.3, -0.25) is 0 Å². The zero-order valence-corrected chi connectivity index (χ0v) is 7.25. The van der Waals surface area contributed by atoms with Crippen LogP contribution in [-0.2, 0) is 9.59 Å². The van der Waals surface area contributed by atoms with Crippen LogP contribution in [0.1, 0.15) is 26.7 Å². The Labute approximate surface area is 84.0 Å². The summed E-state index contributed by atoms with van der Waals surface area (Å²) in [5.74, 6) is 1.98. The van der Waals surface area contributed by atoms with Crippen molar-refractivity contribution in [2.45, 2.75) is 26.7 Å². The van der Waals surface area contributed by atoms with Crippen LogP contribution in [0.15, 0.2) is 12.2 Å². The molecule has 1 fully saturated rings. The number of hydrogen-bond acceptors (Lipinski definition) is 4. The maximum atomic E-state index is 8.35. The van der Waals surface area contributed by atoms with E-state index in [-0.39, 0.29) is 7.43 Å². The van der Waals surface area contributed by atoms with E-state index in [1.54, 1.807) is 0 Å². The first-order chi connectivity index (χ1) is 6.28. The average molecular weight is 196 g/mol. The Bertz CT molecular complexity index is 213. The van der Waals surface area contributed by atoms with Gasteiger partial charge >= 0.3 is 0 Å². The van der Waals surface area contributed by atoms with E-state index in [4.69, 9.17) is 20.4 Å². The zero-order valence-electron chi connectivity index (χ0n) is 7.25. The summed E-state index contributed by atoms with van der Waals surface area (Å²) < 4.78 is 0. The molecule has 0 aliphatic heterocycles. The maximum Gasteiger partial charge on any atom is 0.231 e.